The Balaban J connectivity index is 2.14. The molecule has 1 aromatic carbocycles. The lowest BCUT2D eigenvalue weighted by Gasteiger charge is -2.13. The number of rotatable bonds is 3. The van der Waals surface area contributed by atoms with Gasteiger partial charge in [0.15, 0.2) is 0 Å². The van der Waals surface area contributed by atoms with Crippen LogP contribution in [-0.4, -0.2) is 30.6 Å². The van der Waals surface area contributed by atoms with Crippen molar-refractivity contribution in [3.8, 4) is 0 Å². The van der Waals surface area contributed by atoms with Crippen LogP contribution in [0.15, 0.2) is 18.2 Å². The van der Waals surface area contributed by atoms with E-state index in [4.69, 9.17) is 5.73 Å². The molecule has 0 bridgehead atoms. The average molecular weight is 233 g/mol. The summed E-state index contributed by atoms with van der Waals surface area (Å²) in [5.74, 6) is 0. The first kappa shape index (κ1) is 11.9. The first-order valence-corrected chi connectivity index (χ1v) is 5.94. The van der Waals surface area contributed by atoms with Crippen molar-refractivity contribution in [1.29, 1.82) is 0 Å². The second kappa shape index (κ2) is 4.75. The molecule has 1 aliphatic rings. The molecular weight excluding hydrogens is 214 g/mol. The van der Waals surface area contributed by atoms with Gasteiger partial charge in [-0.2, -0.15) is 0 Å². The van der Waals surface area contributed by atoms with Gasteiger partial charge in [0.25, 0.3) is 0 Å². The summed E-state index contributed by atoms with van der Waals surface area (Å²) in [5, 5.41) is 2.98. The standard InChI is InChI=1S/C13H19N3O/c1-9-3-4-11(7-10(9)2)12-8-16(6-5-14)13(17)15-12/h3-4,7,12H,5-6,8,14H2,1-2H3,(H,15,17). The SMILES string of the molecule is Cc1ccc(C2CN(CCN)C(=O)N2)cc1C. The number of nitrogens with zero attached hydrogens (tertiary/aromatic N) is 1. The number of urea groups is 1. The second-order valence-electron chi connectivity index (χ2n) is 4.58. The molecule has 1 unspecified atom stereocenters. The Labute approximate surface area is 102 Å². The molecule has 92 valence electrons. The Bertz CT molecular complexity index is 431. The van der Waals surface area contributed by atoms with E-state index in [-0.39, 0.29) is 12.1 Å². The van der Waals surface area contributed by atoms with E-state index < -0.39 is 0 Å². The van der Waals surface area contributed by atoms with Crippen LogP contribution < -0.4 is 11.1 Å². The topological polar surface area (TPSA) is 58.4 Å². The predicted octanol–water partition coefficient (Wildman–Crippen LogP) is 1.33. The van der Waals surface area contributed by atoms with Crippen molar-refractivity contribution >= 4 is 6.03 Å². The summed E-state index contributed by atoms with van der Waals surface area (Å²) in [5.41, 5.74) is 9.18. The zero-order valence-electron chi connectivity index (χ0n) is 10.4. The number of aryl methyl sites for hydroxylation is 2. The molecule has 0 saturated carbocycles. The molecule has 2 amide bonds. The van der Waals surface area contributed by atoms with E-state index in [1.54, 1.807) is 4.90 Å². The van der Waals surface area contributed by atoms with Crippen molar-refractivity contribution in [3.63, 3.8) is 0 Å². The highest BCUT2D eigenvalue weighted by atomic mass is 16.2. The largest absolute Gasteiger partial charge is 0.329 e. The molecule has 0 aliphatic carbocycles. The maximum Gasteiger partial charge on any atom is 0.318 e. The lowest BCUT2D eigenvalue weighted by Crippen LogP contribution is -2.32. The van der Waals surface area contributed by atoms with Gasteiger partial charge in [0, 0.05) is 19.6 Å². The average Bonchev–Trinajstić information content (AvgIpc) is 2.65. The number of hydrogen-bond donors (Lipinski definition) is 2. The maximum atomic E-state index is 11.7. The zero-order valence-corrected chi connectivity index (χ0v) is 10.4. The fourth-order valence-corrected chi connectivity index (χ4v) is 2.11. The van der Waals surface area contributed by atoms with Crippen molar-refractivity contribution in [3.05, 3.63) is 34.9 Å². The summed E-state index contributed by atoms with van der Waals surface area (Å²) >= 11 is 0. The van der Waals surface area contributed by atoms with Gasteiger partial charge in [0.05, 0.1) is 6.04 Å². The van der Waals surface area contributed by atoms with Crippen LogP contribution in [0.25, 0.3) is 0 Å². The highest BCUT2D eigenvalue weighted by Crippen LogP contribution is 2.22. The smallest absolute Gasteiger partial charge is 0.318 e. The van der Waals surface area contributed by atoms with Crippen molar-refractivity contribution in [2.75, 3.05) is 19.6 Å². The van der Waals surface area contributed by atoms with Crippen LogP contribution in [-0.2, 0) is 0 Å². The van der Waals surface area contributed by atoms with Gasteiger partial charge < -0.3 is 16.0 Å². The van der Waals surface area contributed by atoms with E-state index in [1.807, 2.05) is 0 Å². The van der Waals surface area contributed by atoms with Gasteiger partial charge in [0.1, 0.15) is 0 Å². The second-order valence-corrected chi connectivity index (χ2v) is 4.58. The Hall–Kier alpha value is -1.55. The number of carbonyl (C=O) groups excluding carboxylic acids is 1. The minimum Gasteiger partial charge on any atom is -0.329 e. The highest BCUT2D eigenvalue weighted by Gasteiger charge is 2.28. The van der Waals surface area contributed by atoms with Gasteiger partial charge in [-0.05, 0) is 30.5 Å². The molecule has 0 radical (unpaired) electrons. The predicted molar refractivity (Wildman–Crippen MR) is 67.8 cm³/mol. The summed E-state index contributed by atoms with van der Waals surface area (Å²) in [4.78, 5) is 13.4. The van der Waals surface area contributed by atoms with Gasteiger partial charge in [-0.15, -0.1) is 0 Å². The normalized spacial score (nSPS) is 19.6. The molecule has 17 heavy (non-hydrogen) atoms. The first-order valence-electron chi connectivity index (χ1n) is 5.94. The lowest BCUT2D eigenvalue weighted by atomic mass is 10.0. The van der Waals surface area contributed by atoms with Crippen LogP contribution >= 0.6 is 0 Å². The van der Waals surface area contributed by atoms with Crippen molar-refractivity contribution in [1.82, 2.24) is 10.2 Å². The molecule has 1 aliphatic heterocycles. The van der Waals surface area contributed by atoms with Crippen molar-refractivity contribution in [2.24, 2.45) is 5.73 Å². The van der Waals surface area contributed by atoms with E-state index in [0.29, 0.717) is 19.6 Å². The molecule has 1 atom stereocenters. The summed E-state index contributed by atoms with van der Waals surface area (Å²) in [7, 11) is 0. The van der Waals surface area contributed by atoms with E-state index in [0.717, 1.165) is 0 Å². The van der Waals surface area contributed by atoms with E-state index >= 15 is 0 Å². The molecular formula is C13H19N3O. The Morgan fingerprint density at radius 2 is 2.18 bits per heavy atom. The van der Waals surface area contributed by atoms with Gasteiger partial charge in [-0.1, -0.05) is 18.2 Å². The van der Waals surface area contributed by atoms with Crippen LogP contribution in [0, 0.1) is 13.8 Å². The monoisotopic (exact) mass is 233 g/mol. The molecule has 0 aromatic heterocycles. The first-order chi connectivity index (χ1) is 8.11. The van der Waals surface area contributed by atoms with Crippen LogP contribution in [0.2, 0.25) is 0 Å². The van der Waals surface area contributed by atoms with Crippen LogP contribution in [0.3, 0.4) is 0 Å². The summed E-state index contributed by atoms with van der Waals surface area (Å²) in [6.07, 6.45) is 0. The number of hydrogen-bond acceptors (Lipinski definition) is 2. The molecule has 1 saturated heterocycles. The highest BCUT2D eigenvalue weighted by molar-refractivity contribution is 5.77. The van der Waals surface area contributed by atoms with Gasteiger partial charge in [-0.3, -0.25) is 0 Å². The fraction of sp³-hybridized carbons (Fsp3) is 0.462. The van der Waals surface area contributed by atoms with Crippen LogP contribution in [0.5, 0.6) is 0 Å². The fourth-order valence-electron chi connectivity index (χ4n) is 2.11. The molecule has 4 heteroatoms. The maximum absolute atomic E-state index is 11.7. The molecule has 3 N–H and O–H groups in total. The quantitative estimate of drug-likeness (QED) is 0.827. The van der Waals surface area contributed by atoms with Gasteiger partial charge in [0.2, 0.25) is 0 Å². The molecule has 4 nitrogen and oxygen atoms in total. The van der Waals surface area contributed by atoms with Gasteiger partial charge >= 0.3 is 6.03 Å². The molecule has 2 rings (SSSR count). The van der Waals surface area contributed by atoms with E-state index in [9.17, 15) is 4.79 Å². The molecule has 1 aromatic rings. The number of amides is 2. The van der Waals surface area contributed by atoms with Crippen LogP contribution in [0.4, 0.5) is 4.79 Å². The minimum absolute atomic E-state index is 0.0151. The van der Waals surface area contributed by atoms with E-state index in [1.165, 1.54) is 16.7 Å². The van der Waals surface area contributed by atoms with Crippen molar-refractivity contribution in [2.45, 2.75) is 19.9 Å². The third kappa shape index (κ3) is 2.42. The molecule has 0 spiro atoms. The molecule has 1 heterocycles. The summed E-state index contributed by atoms with van der Waals surface area (Å²) < 4.78 is 0. The Morgan fingerprint density at radius 3 is 2.82 bits per heavy atom. The van der Waals surface area contributed by atoms with Crippen LogP contribution in [0.1, 0.15) is 22.7 Å². The summed E-state index contributed by atoms with van der Waals surface area (Å²) in [6, 6.07) is 6.40. The third-order valence-corrected chi connectivity index (χ3v) is 3.32. The third-order valence-electron chi connectivity index (χ3n) is 3.32. The van der Waals surface area contributed by atoms with Gasteiger partial charge in [-0.25, -0.2) is 4.79 Å². The number of nitrogens with two attached hydrogens (primary N) is 1. The Kier molecular flexibility index (Phi) is 3.33. The number of nitrogens with one attached hydrogen (secondary N) is 1. The molecule has 1 fully saturated rings. The lowest BCUT2D eigenvalue weighted by molar-refractivity contribution is 0.218. The Morgan fingerprint density at radius 1 is 1.41 bits per heavy atom. The van der Waals surface area contributed by atoms with Crippen molar-refractivity contribution < 1.29 is 4.79 Å². The van der Waals surface area contributed by atoms with E-state index in [2.05, 4.69) is 37.4 Å². The number of carbonyl (C=O) groups is 1. The minimum atomic E-state index is -0.0151. The summed E-state index contributed by atoms with van der Waals surface area (Å²) in [6.45, 7) is 6.01. The number of benzene rings is 1. The zero-order chi connectivity index (χ0) is 12.4.